The number of nitrogens with zero attached hydrogens (tertiary/aromatic N) is 2. The van der Waals surface area contributed by atoms with Gasteiger partial charge in [0.05, 0.1) is 5.56 Å². The maximum atomic E-state index is 10.6. The molecule has 72 valence electrons. The van der Waals surface area contributed by atoms with E-state index in [-0.39, 0.29) is 11.1 Å². The zero-order valence-electron chi connectivity index (χ0n) is 7.64. The molecule has 0 aliphatic carbocycles. The first-order chi connectivity index (χ1) is 7.17. The van der Waals surface area contributed by atoms with Crippen molar-refractivity contribution in [2.75, 3.05) is 0 Å². The van der Waals surface area contributed by atoms with E-state index >= 15 is 0 Å². The van der Waals surface area contributed by atoms with Crippen LogP contribution in [0, 0.1) is 22.7 Å². The highest BCUT2D eigenvalue weighted by molar-refractivity contribution is 5.88. The van der Waals surface area contributed by atoms with Gasteiger partial charge in [0.1, 0.15) is 17.7 Å². The van der Waals surface area contributed by atoms with Crippen LogP contribution in [0.4, 0.5) is 0 Å². The van der Waals surface area contributed by atoms with E-state index < -0.39 is 5.97 Å². The molecule has 0 aromatic heterocycles. The fraction of sp³-hybridized carbons (Fsp3) is 0. The maximum absolute atomic E-state index is 10.6. The third kappa shape index (κ3) is 2.68. The number of carbonyl (C=O) groups is 1. The van der Waals surface area contributed by atoms with Crippen LogP contribution in [0.3, 0.4) is 0 Å². The lowest BCUT2D eigenvalue weighted by atomic mass is 10.1. The lowest BCUT2D eigenvalue weighted by Crippen LogP contribution is -1.95. The summed E-state index contributed by atoms with van der Waals surface area (Å²) >= 11 is 0. The average molecular weight is 198 g/mol. The molecule has 0 unspecified atom stereocenters. The molecule has 0 heterocycles. The predicted molar refractivity (Wildman–Crippen MR) is 52.6 cm³/mol. The quantitative estimate of drug-likeness (QED) is 0.734. The Balaban J connectivity index is 3.14. The second-order valence-electron chi connectivity index (χ2n) is 2.71. The molecule has 1 rings (SSSR count). The van der Waals surface area contributed by atoms with Crippen molar-refractivity contribution in [3.8, 4) is 12.1 Å². The molecule has 0 spiro atoms. The van der Waals surface area contributed by atoms with Crippen molar-refractivity contribution in [2.45, 2.75) is 0 Å². The summed E-state index contributed by atoms with van der Waals surface area (Å²) in [6.45, 7) is 0. The summed E-state index contributed by atoms with van der Waals surface area (Å²) in [6, 6.07) is 9.43. The van der Waals surface area contributed by atoms with Gasteiger partial charge in [0.15, 0.2) is 0 Å². The number of rotatable bonds is 2. The number of benzene rings is 1. The molecule has 0 bridgehead atoms. The molecule has 0 saturated carbocycles. The number of nitriles is 2. The Morgan fingerprint density at radius 2 is 2.00 bits per heavy atom. The second-order valence-corrected chi connectivity index (χ2v) is 2.71. The average Bonchev–Trinajstić information content (AvgIpc) is 2.26. The highest BCUT2D eigenvalue weighted by atomic mass is 16.4. The normalized spacial score (nSPS) is 8.40. The summed E-state index contributed by atoms with van der Waals surface area (Å²) in [6.07, 6.45) is 1.34. The molecule has 1 aromatic rings. The van der Waals surface area contributed by atoms with Crippen LogP contribution in [-0.4, -0.2) is 11.1 Å². The predicted octanol–water partition coefficient (Wildman–Crippen LogP) is 1.82. The first-order valence-corrected chi connectivity index (χ1v) is 4.02. The number of carboxylic acid groups (broad SMARTS) is 1. The molecule has 0 aliphatic heterocycles. The van der Waals surface area contributed by atoms with Crippen LogP contribution in [-0.2, 0) is 0 Å². The number of aromatic carboxylic acids is 1. The van der Waals surface area contributed by atoms with Crippen LogP contribution >= 0.6 is 0 Å². The van der Waals surface area contributed by atoms with E-state index in [1.54, 1.807) is 24.3 Å². The maximum Gasteiger partial charge on any atom is 0.335 e. The second kappa shape index (κ2) is 4.59. The van der Waals surface area contributed by atoms with Crippen molar-refractivity contribution in [3.63, 3.8) is 0 Å². The van der Waals surface area contributed by atoms with Gasteiger partial charge in [-0.05, 0) is 23.8 Å². The topological polar surface area (TPSA) is 84.9 Å². The molecule has 0 atom stereocenters. The van der Waals surface area contributed by atoms with E-state index in [1.807, 2.05) is 0 Å². The Bertz CT molecular complexity index is 488. The highest BCUT2D eigenvalue weighted by Crippen LogP contribution is 2.09. The lowest BCUT2D eigenvalue weighted by Gasteiger charge is -1.96. The van der Waals surface area contributed by atoms with Crippen LogP contribution in [0.2, 0.25) is 0 Å². The van der Waals surface area contributed by atoms with Crippen molar-refractivity contribution in [1.82, 2.24) is 0 Å². The van der Waals surface area contributed by atoms with Crippen LogP contribution in [0.15, 0.2) is 29.8 Å². The van der Waals surface area contributed by atoms with Gasteiger partial charge in [0, 0.05) is 0 Å². The van der Waals surface area contributed by atoms with E-state index in [2.05, 4.69) is 0 Å². The van der Waals surface area contributed by atoms with Gasteiger partial charge in [-0.1, -0.05) is 12.1 Å². The molecular weight excluding hydrogens is 192 g/mol. The molecule has 0 amide bonds. The van der Waals surface area contributed by atoms with E-state index in [1.165, 1.54) is 18.2 Å². The van der Waals surface area contributed by atoms with Crippen molar-refractivity contribution < 1.29 is 9.90 Å². The molecule has 1 aromatic carbocycles. The summed E-state index contributed by atoms with van der Waals surface area (Å²) in [5.41, 5.74) is 0.588. The van der Waals surface area contributed by atoms with Gasteiger partial charge in [-0.25, -0.2) is 4.79 Å². The molecule has 15 heavy (non-hydrogen) atoms. The van der Waals surface area contributed by atoms with Gasteiger partial charge in [-0.3, -0.25) is 0 Å². The Hall–Kier alpha value is -2.59. The van der Waals surface area contributed by atoms with Gasteiger partial charge in [-0.2, -0.15) is 10.5 Å². The first kappa shape index (κ1) is 10.5. The van der Waals surface area contributed by atoms with Crippen molar-refractivity contribution in [3.05, 3.63) is 41.0 Å². The van der Waals surface area contributed by atoms with Gasteiger partial charge in [0.25, 0.3) is 0 Å². The summed E-state index contributed by atoms with van der Waals surface area (Å²) < 4.78 is 0. The van der Waals surface area contributed by atoms with Gasteiger partial charge < -0.3 is 5.11 Å². The van der Waals surface area contributed by atoms with Crippen LogP contribution in [0.1, 0.15) is 15.9 Å². The van der Waals surface area contributed by atoms with Crippen molar-refractivity contribution in [1.29, 1.82) is 10.5 Å². The lowest BCUT2D eigenvalue weighted by molar-refractivity contribution is 0.0697. The first-order valence-electron chi connectivity index (χ1n) is 4.02. The minimum absolute atomic E-state index is 0.0578. The smallest absolute Gasteiger partial charge is 0.335 e. The van der Waals surface area contributed by atoms with Crippen molar-refractivity contribution >= 4 is 12.0 Å². The molecule has 0 saturated heterocycles. The van der Waals surface area contributed by atoms with E-state index in [0.29, 0.717) is 5.56 Å². The summed E-state index contributed by atoms with van der Waals surface area (Å²) in [7, 11) is 0. The molecule has 4 heteroatoms. The summed E-state index contributed by atoms with van der Waals surface area (Å²) in [5, 5.41) is 25.7. The van der Waals surface area contributed by atoms with Crippen LogP contribution in [0.25, 0.3) is 6.08 Å². The fourth-order valence-electron chi connectivity index (χ4n) is 1.02. The molecule has 0 fully saturated rings. The van der Waals surface area contributed by atoms with Crippen LogP contribution < -0.4 is 0 Å². The molecule has 0 aliphatic rings. The fourth-order valence-corrected chi connectivity index (χ4v) is 1.02. The zero-order chi connectivity index (χ0) is 11.3. The Morgan fingerprint density at radius 3 is 2.53 bits per heavy atom. The molecular formula is C11H6N2O2. The van der Waals surface area contributed by atoms with Gasteiger partial charge in [0.2, 0.25) is 0 Å². The Labute approximate surface area is 86.3 Å². The molecule has 0 radical (unpaired) electrons. The van der Waals surface area contributed by atoms with E-state index in [0.717, 1.165) is 0 Å². The summed E-state index contributed by atoms with van der Waals surface area (Å²) in [5.74, 6) is -1.04. The number of hydrogen-bond donors (Lipinski definition) is 1. The standard InChI is InChI=1S/C11H6N2O2/c12-6-9(7-13)4-8-2-1-3-10(5-8)11(14)15/h1-5H,(H,14,15). The van der Waals surface area contributed by atoms with Gasteiger partial charge >= 0.3 is 5.97 Å². The number of carboxylic acids is 1. The molecule has 1 N–H and O–H groups in total. The minimum atomic E-state index is -1.04. The third-order valence-corrected chi connectivity index (χ3v) is 1.69. The summed E-state index contributed by atoms with van der Waals surface area (Å²) in [4.78, 5) is 10.6. The van der Waals surface area contributed by atoms with Crippen molar-refractivity contribution in [2.24, 2.45) is 0 Å². The number of hydrogen-bond acceptors (Lipinski definition) is 3. The van der Waals surface area contributed by atoms with Crippen LogP contribution in [0.5, 0.6) is 0 Å². The Kier molecular flexibility index (Phi) is 3.21. The minimum Gasteiger partial charge on any atom is -0.478 e. The highest BCUT2D eigenvalue weighted by Gasteiger charge is 2.02. The Morgan fingerprint density at radius 1 is 1.33 bits per heavy atom. The van der Waals surface area contributed by atoms with E-state index in [9.17, 15) is 4.79 Å². The SMILES string of the molecule is N#CC(C#N)=Cc1cccc(C(=O)O)c1. The molecule has 4 nitrogen and oxygen atoms in total. The monoisotopic (exact) mass is 198 g/mol. The third-order valence-electron chi connectivity index (χ3n) is 1.69. The largest absolute Gasteiger partial charge is 0.478 e. The number of allylic oxidation sites excluding steroid dienone is 1. The van der Waals surface area contributed by atoms with E-state index in [4.69, 9.17) is 15.6 Å². The zero-order valence-corrected chi connectivity index (χ0v) is 7.64. The van der Waals surface area contributed by atoms with Gasteiger partial charge in [-0.15, -0.1) is 0 Å².